The Kier molecular flexibility index (Phi) is 4.70. The van der Waals surface area contributed by atoms with Crippen molar-refractivity contribution in [3.8, 4) is 0 Å². The van der Waals surface area contributed by atoms with Gasteiger partial charge in [-0.3, -0.25) is 0 Å². The van der Waals surface area contributed by atoms with Gasteiger partial charge in [0.1, 0.15) is 5.69 Å². The number of hydrogen-bond acceptors (Lipinski definition) is 2. The molecule has 0 spiro atoms. The SMILES string of the molecule is C=CCOC(C)c1nc(C(F)(F)F)ccc1Br. The molecule has 0 fully saturated rings. The normalized spacial score (nSPS) is 13.5. The zero-order valence-corrected chi connectivity index (χ0v) is 10.7. The summed E-state index contributed by atoms with van der Waals surface area (Å²) in [5.41, 5.74) is -0.702. The fourth-order valence-corrected chi connectivity index (χ4v) is 1.74. The van der Waals surface area contributed by atoms with E-state index >= 15 is 0 Å². The molecular weight excluding hydrogens is 299 g/mol. The average molecular weight is 310 g/mol. The van der Waals surface area contributed by atoms with Gasteiger partial charge in [-0.1, -0.05) is 6.08 Å². The maximum atomic E-state index is 12.5. The first-order chi connectivity index (χ1) is 7.86. The molecule has 1 atom stereocenters. The number of ether oxygens (including phenoxy) is 1. The summed E-state index contributed by atoms with van der Waals surface area (Å²) in [7, 11) is 0. The Morgan fingerprint density at radius 3 is 2.71 bits per heavy atom. The van der Waals surface area contributed by atoms with Crippen molar-refractivity contribution < 1.29 is 17.9 Å². The highest BCUT2D eigenvalue weighted by atomic mass is 79.9. The van der Waals surface area contributed by atoms with Gasteiger partial charge in [0.15, 0.2) is 0 Å². The van der Waals surface area contributed by atoms with Gasteiger partial charge < -0.3 is 4.74 Å². The minimum absolute atomic E-state index is 0.224. The summed E-state index contributed by atoms with van der Waals surface area (Å²) in [6.45, 7) is 5.36. The second-order valence-electron chi connectivity index (χ2n) is 3.33. The molecule has 1 heterocycles. The minimum atomic E-state index is -4.45. The van der Waals surface area contributed by atoms with Crippen LogP contribution in [0.4, 0.5) is 13.2 Å². The number of aromatic nitrogens is 1. The number of alkyl halides is 3. The van der Waals surface area contributed by atoms with E-state index in [-0.39, 0.29) is 12.3 Å². The standard InChI is InChI=1S/C11H11BrF3NO/c1-3-6-17-7(2)10-8(12)4-5-9(16-10)11(13,14)15/h3-5,7H,1,6H2,2H3. The number of hydrogen-bond donors (Lipinski definition) is 0. The van der Waals surface area contributed by atoms with E-state index in [0.717, 1.165) is 6.07 Å². The predicted octanol–water partition coefficient (Wildman–Crippen LogP) is 4.13. The van der Waals surface area contributed by atoms with Crippen molar-refractivity contribution in [1.29, 1.82) is 0 Å². The highest BCUT2D eigenvalue weighted by Gasteiger charge is 2.33. The maximum Gasteiger partial charge on any atom is 0.433 e. The molecule has 0 aliphatic heterocycles. The summed E-state index contributed by atoms with van der Waals surface area (Å²) in [5, 5.41) is 0. The first kappa shape index (κ1) is 14.2. The number of pyridine rings is 1. The van der Waals surface area contributed by atoms with Gasteiger partial charge in [0.05, 0.1) is 18.4 Å². The van der Waals surface area contributed by atoms with Crippen LogP contribution in [0.2, 0.25) is 0 Å². The topological polar surface area (TPSA) is 22.1 Å². The molecule has 1 aromatic rings. The third-order valence-electron chi connectivity index (χ3n) is 2.01. The molecular formula is C11H11BrF3NO. The lowest BCUT2D eigenvalue weighted by Gasteiger charge is -2.15. The fraction of sp³-hybridized carbons (Fsp3) is 0.364. The Bertz CT molecular complexity index is 406. The van der Waals surface area contributed by atoms with Gasteiger partial charge in [-0.25, -0.2) is 4.98 Å². The maximum absolute atomic E-state index is 12.5. The van der Waals surface area contributed by atoms with E-state index in [2.05, 4.69) is 27.5 Å². The molecule has 1 aromatic heterocycles. The van der Waals surface area contributed by atoms with E-state index in [4.69, 9.17) is 4.74 Å². The predicted molar refractivity (Wildman–Crippen MR) is 61.5 cm³/mol. The van der Waals surface area contributed by atoms with Gasteiger partial charge >= 0.3 is 6.18 Å². The van der Waals surface area contributed by atoms with Crippen molar-refractivity contribution in [1.82, 2.24) is 4.98 Å². The molecule has 0 saturated carbocycles. The van der Waals surface area contributed by atoms with Gasteiger partial charge in [0.25, 0.3) is 0 Å². The smallest absolute Gasteiger partial charge is 0.368 e. The Morgan fingerprint density at radius 2 is 2.18 bits per heavy atom. The van der Waals surface area contributed by atoms with E-state index in [1.165, 1.54) is 12.1 Å². The minimum Gasteiger partial charge on any atom is -0.368 e. The van der Waals surface area contributed by atoms with Crippen molar-refractivity contribution in [2.24, 2.45) is 0 Å². The van der Waals surface area contributed by atoms with Crippen LogP contribution >= 0.6 is 15.9 Å². The van der Waals surface area contributed by atoms with Gasteiger partial charge in [0, 0.05) is 4.47 Å². The third-order valence-corrected chi connectivity index (χ3v) is 2.68. The summed E-state index contributed by atoms with van der Waals surface area (Å²) < 4.78 is 43.2. The molecule has 1 unspecified atom stereocenters. The van der Waals surface area contributed by atoms with Crippen molar-refractivity contribution in [2.75, 3.05) is 6.61 Å². The molecule has 6 heteroatoms. The van der Waals surface area contributed by atoms with Crippen LogP contribution in [-0.4, -0.2) is 11.6 Å². The van der Waals surface area contributed by atoms with Crippen LogP contribution in [0.5, 0.6) is 0 Å². The molecule has 0 amide bonds. The van der Waals surface area contributed by atoms with Gasteiger partial charge in [-0.15, -0.1) is 6.58 Å². The summed E-state index contributed by atoms with van der Waals surface area (Å²) >= 11 is 3.15. The van der Waals surface area contributed by atoms with Crippen molar-refractivity contribution in [2.45, 2.75) is 19.2 Å². The van der Waals surface area contributed by atoms with Crippen LogP contribution < -0.4 is 0 Å². The summed E-state index contributed by atoms with van der Waals surface area (Å²) in [4.78, 5) is 3.57. The van der Waals surface area contributed by atoms with Gasteiger partial charge in [-0.05, 0) is 35.0 Å². The summed E-state index contributed by atoms with van der Waals surface area (Å²) in [6.07, 6.45) is -3.46. The van der Waals surface area contributed by atoms with Gasteiger partial charge in [-0.2, -0.15) is 13.2 Å². The van der Waals surface area contributed by atoms with Crippen LogP contribution in [0.1, 0.15) is 24.4 Å². The van der Waals surface area contributed by atoms with Crippen LogP contribution in [0.3, 0.4) is 0 Å². The second kappa shape index (κ2) is 5.64. The highest BCUT2D eigenvalue weighted by molar-refractivity contribution is 9.10. The number of halogens is 4. The zero-order chi connectivity index (χ0) is 13.1. The molecule has 2 nitrogen and oxygen atoms in total. The number of rotatable bonds is 4. The third kappa shape index (κ3) is 3.81. The van der Waals surface area contributed by atoms with Crippen LogP contribution in [0.15, 0.2) is 29.3 Å². The summed E-state index contributed by atoms with van der Waals surface area (Å²) in [6, 6.07) is 2.24. The average Bonchev–Trinajstić information content (AvgIpc) is 2.24. The quantitative estimate of drug-likeness (QED) is 0.780. The molecule has 0 aliphatic rings. The van der Waals surface area contributed by atoms with Crippen LogP contribution in [0.25, 0.3) is 0 Å². The Morgan fingerprint density at radius 1 is 1.53 bits per heavy atom. The molecule has 0 bridgehead atoms. The number of nitrogens with zero attached hydrogens (tertiary/aromatic N) is 1. The van der Waals surface area contributed by atoms with Crippen molar-refractivity contribution in [3.63, 3.8) is 0 Å². The van der Waals surface area contributed by atoms with E-state index in [0.29, 0.717) is 4.47 Å². The lowest BCUT2D eigenvalue weighted by atomic mass is 10.2. The Labute approximate surface area is 106 Å². The zero-order valence-electron chi connectivity index (χ0n) is 9.09. The first-order valence-corrected chi connectivity index (χ1v) is 5.61. The lowest BCUT2D eigenvalue weighted by molar-refractivity contribution is -0.141. The molecule has 17 heavy (non-hydrogen) atoms. The van der Waals surface area contributed by atoms with Crippen molar-refractivity contribution in [3.05, 3.63) is 40.6 Å². The Balaban J connectivity index is 3.02. The molecule has 1 rings (SSSR count). The van der Waals surface area contributed by atoms with Gasteiger partial charge in [0.2, 0.25) is 0 Å². The molecule has 0 saturated heterocycles. The van der Waals surface area contributed by atoms with Crippen LogP contribution in [-0.2, 0) is 10.9 Å². The van der Waals surface area contributed by atoms with E-state index in [1.54, 1.807) is 6.92 Å². The highest BCUT2D eigenvalue weighted by Crippen LogP contribution is 2.31. The summed E-state index contributed by atoms with van der Waals surface area (Å²) in [5.74, 6) is 0. The molecule has 0 radical (unpaired) electrons. The molecule has 0 aliphatic carbocycles. The molecule has 0 aromatic carbocycles. The Hall–Kier alpha value is -0.880. The van der Waals surface area contributed by atoms with E-state index < -0.39 is 18.0 Å². The fourth-order valence-electron chi connectivity index (χ4n) is 1.19. The van der Waals surface area contributed by atoms with Crippen molar-refractivity contribution >= 4 is 15.9 Å². The van der Waals surface area contributed by atoms with Crippen LogP contribution in [0, 0.1) is 0 Å². The van der Waals surface area contributed by atoms with E-state index in [1.807, 2.05) is 0 Å². The molecule has 0 N–H and O–H groups in total. The monoisotopic (exact) mass is 309 g/mol. The van der Waals surface area contributed by atoms with E-state index in [9.17, 15) is 13.2 Å². The largest absolute Gasteiger partial charge is 0.433 e. The first-order valence-electron chi connectivity index (χ1n) is 4.82. The molecule has 94 valence electrons. The second-order valence-corrected chi connectivity index (χ2v) is 4.18. The lowest BCUT2D eigenvalue weighted by Crippen LogP contribution is -2.12.